The summed E-state index contributed by atoms with van der Waals surface area (Å²) in [7, 11) is 0. The normalized spacial score (nSPS) is 10.4. The molecule has 0 unspecified atom stereocenters. The summed E-state index contributed by atoms with van der Waals surface area (Å²) >= 11 is 5.88. The maximum atomic E-state index is 12.1. The van der Waals surface area contributed by atoms with E-state index >= 15 is 0 Å². The number of carbonyl (C=O) groups excluding carboxylic acids is 1. The Morgan fingerprint density at radius 2 is 1.92 bits per heavy atom. The molecule has 0 bridgehead atoms. The van der Waals surface area contributed by atoms with Gasteiger partial charge in [-0.2, -0.15) is 0 Å². The highest BCUT2D eigenvalue weighted by Crippen LogP contribution is 2.11. The number of pyridine rings is 1. The van der Waals surface area contributed by atoms with Gasteiger partial charge in [-0.3, -0.25) is 9.78 Å². The lowest BCUT2D eigenvalue weighted by Gasteiger charge is -2.09. The third-order valence-corrected chi connectivity index (χ3v) is 3.97. The second-order valence-corrected chi connectivity index (χ2v) is 6.13. The highest BCUT2D eigenvalue weighted by molar-refractivity contribution is 6.30. The molecule has 0 aliphatic heterocycles. The van der Waals surface area contributed by atoms with Crippen LogP contribution in [-0.2, 0) is 6.42 Å². The topological polar surface area (TPSA) is 54.0 Å². The minimum atomic E-state index is -0.118. The lowest BCUT2D eigenvalue weighted by atomic mass is 10.1. The number of unbranched alkanes of at least 4 members (excludes halogenated alkanes) is 2. The van der Waals surface area contributed by atoms with E-state index in [4.69, 9.17) is 11.6 Å². The van der Waals surface area contributed by atoms with E-state index in [9.17, 15) is 4.79 Å². The fourth-order valence-electron chi connectivity index (χ4n) is 2.33. The Bertz CT molecular complexity index is 643. The van der Waals surface area contributed by atoms with Crippen molar-refractivity contribution in [1.82, 2.24) is 10.3 Å². The molecule has 2 aromatic rings. The van der Waals surface area contributed by atoms with Gasteiger partial charge in [-0.25, -0.2) is 0 Å². The number of rotatable bonds is 9. The Balaban J connectivity index is 1.81. The molecule has 1 heterocycles. The van der Waals surface area contributed by atoms with Gasteiger partial charge in [-0.1, -0.05) is 43.5 Å². The van der Waals surface area contributed by atoms with Gasteiger partial charge in [0.25, 0.3) is 5.91 Å². The van der Waals surface area contributed by atoms with Crippen LogP contribution in [0.25, 0.3) is 0 Å². The molecule has 0 saturated heterocycles. The predicted molar refractivity (Wildman–Crippen MR) is 99.7 cm³/mol. The standard InChI is InChI=1S/C19H24ClN3O/c1-2-3-4-11-23-19(24)18-14-17(10-13-22-18)21-12-9-15-5-7-16(20)8-6-15/h5-8,10,13-14H,2-4,9,11-12H2,1H3,(H,21,22)(H,23,24). The van der Waals surface area contributed by atoms with Crippen molar-refractivity contribution in [1.29, 1.82) is 0 Å². The lowest BCUT2D eigenvalue weighted by Crippen LogP contribution is -2.25. The highest BCUT2D eigenvalue weighted by atomic mass is 35.5. The maximum absolute atomic E-state index is 12.1. The highest BCUT2D eigenvalue weighted by Gasteiger charge is 2.07. The van der Waals surface area contributed by atoms with E-state index in [2.05, 4.69) is 22.5 Å². The first-order chi connectivity index (χ1) is 11.7. The second kappa shape index (κ2) is 9.93. The number of hydrogen-bond donors (Lipinski definition) is 2. The van der Waals surface area contributed by atoms with Crippen molar-refractivity contribution in [3.8, 4) is 0 Å². The first-order valence-corrected chi connectivity index (χ1v) is 8.79. The van der Waals surface area contributed by atoms with Gasteiger partial charge in [0.05, 0.1) is 0 Å². The predicted octanol–water partition coefficient (Wildman–Crippen LogP) is 4.31. The number of halogens is 1. The number of benzene rings is 1. The second-order valence-electron chi connectivity index (χ2n) is 5.70. The number of anilines is 1. The molecule has 5 heteroatoms. The third kappa shape index (κ3) is 6.20. The van der Waals surface area contributed by atoms with Crippen LogP contribution >= 0.6 is 11.6 Å². The molecule has 24 heavy (non-hydrogen) atoms. The molecule has 0 fully saturated rings. The molecule has 2 N–H and O–H groups in total. The summed E-state index contributed by atoms with van der Waals surface area (Å²) in [5.41, 5.74) is 2.57. The van der Waals surface area contributed by atoms with Crippen LogP contribution in [0.4, 0.5) is 5.69 Å². The summed E-state index contributed by atoms with van der Waals surface area (Å²) < 4.78 is 0. The van der Waals surface area contributed by atoms with Crippen molar-refractivity contribution in [3.63, 3.8) is 0 Å². The number of amides is 1. The van der Waals surface area contributed by atoms with Gasteiger partial charge in [0.1, 0.15) is 5.69 Å². The van der Waals surface area contributed by atoms with Crippen molar-refractivity contribution >= 4 is 23.2 Å². The van der Waals surface area contributed by atoms with Gasteiger partial charge in [0.15, 0.2) is 0 Å². The molecule has 1 aromatic heterocycles. The zero-order valence-electron chi connectivity index (χ0n) is 14.0. The minimum absolute atomic E-state index is 0.118. The Kier molecular flexibility index (Phi) is 7.56. The molecule has 0 spiro atoms. The first-order valence-electron chi connectivity index (χ1n) is 8.41. The van der Waals surface area contributed by atoms with Crippen LogP contribution in [0.1, 0.15) is 42.2 Å². The van der Waals surface area contributed by atoms with Crippen molar-refractivity contribution in [2.75, 3.05) is 18.4 Å². The van der Waals surface area contributed by atoms with Gasteiger partial charge < -0.3 is 10.6 Å². The Labute approximate surface area is 148 Å². The van der Waals surface area contributed by atoms with E-state index in [-0.39, 0.29) is 5.91 Å². The summed E-state index contributed by atoms with van der Waals surface area (Å²) in [4.78, 5) is 16.2. The van der Waals surface area contributed by atoms with Crippen LogP contribution in [0.15, 0.2) is 42.6 Å². The van der Waals surface area contributed by atoms with Gasteiger partial charge in [0, 0.05) is 30.0 Å². The summed E-state index contributed by atoms with van der Waals surface area (Å²) in [5.74, 6) is -0.118. The number of hydrogen-bond acceptors (Lipinski definition) is 3. The zero-order chi connectivity index (χ0) is 17.2. The van der Waals surface area contributed by atoms with E-state index < -0.39 is 0 Å². The zero-order valence-corrected chi connectivity index (χ0v) is 14.8. The summed E-state index contributed by atoms with van der Waals surface area (Å²) in [6.45, 7) is 3.62. The Hall–Kier alpha value is -2.07. The van der Waals surface area contributed by atoms with Gasteiger partial charge in [-0.05, 0) is 42.7 Å². The molecule has 4 nitrogen and oxygen atoms in total. The molecule has 1 amide bonds. The molecule has 1 aromatic carbocycles. The quantitative estimate of drug-likeness (QED) is 0.666. The van der Waals surface area contributed by atoms with Gasteiger partial charge >= 0.3 is 0 Å². The average molecular weight is 346 g/mol. The van der Waals surface area contributed by atoms with Crippen molar-refractivity contribution in [2.24, 2.45) is 0 Å². The molecular formula is C19H24ClN3O. The molecule has 0 atom stereocenters. The van der Waals surface area contributed by atoms with Crippen molar-refractivity contribution < 1.29 is 4.79 Å². The molecule has 0 aliphatic rings. The first kappa shape index (κ1) is 18.3. The summed E-state index contributed by atoms with van der Waals surface area (Å²) in [5, 5.41) is 6.98. The van der Waals surface area contributed by atoms with E-state index in [1.165, 1.54) is 5.56 Å². The van der Waals surface area contributed by atoms with Crippen LogP contribution in [0.3, 0.4) is 0 Å². The fourth-order valence-corrected chi connectivity index (χ4v) is 2.46. The van der Waals surface area contributed by atoms with Crippen LogP contribution in [0.5, 0.6) is 0 Å². The monoisotopic (exact) mass is 345 g/mol. The number of nitrogens with one attached hydrogen (secondary N) is 2. The lowest BCUT2D eigenvalue weighted by molar-refractivity contribution is 0.0948. The van der Waals surface area contributed by atoms with E-state index in [0.29, 0.717) is 12.2 Å². The van der Waals surface area contributed by atoms with Crippen LogP contribution in [-0.4, -0.2) is 24.0 Å². The molecule has 0 saturated carbocycles. The van der Waals surface area contributed by atoms with Crippen molar-refractivity contribution in [3.05, 3.63) is 58.9 Å². The fraction of sp³-hybridized carbons (Fsp3) is 0.368. The maximum Gasteiger partial charge on any atom is 0.269 e. The van der Waals surface area contributed by atoms with E-state index in [0.717, 1.165) is 42.9 Å². The SMILES string of the molecule is CCCCCNC(=O)c1cc(NCCc2ccc(Cl)cc2)ccn1. The average Bonchev–Trinajstić information content (AvgIpc) is 2.60. The smallest absolute Gasteiger partial charge is 0.269 e. The largest absolute Gasteiger partial charge is 0.385 e. The van der Waals surface area contributed by atoms with Crippen molar-refractivity contribution in [2.45, 2.75) is 32.6 Å². The van der Waals surface area contributed by atoms with Crippen LogP contribution < -0.4 is 10.6 Å². The summed E-state index contributed by atoms with van der Waals surface area (Å²) in [6, 6.07) is 11.5. The van der Waals surface area contributed by atoms with E-state index in [1.807, 2.05) is 30.3 Å². The summed E-state index contributed by atoms with van der Waals surface area (Å²) in [6.07, 6.45) is 5.81. The molecular weight excluding hydrogens is 322 g/mol. The number of nitrogens with zero attached hydrogens (tertiary/aromatic N) is 1. The minimum Gasteiger partial charge on any atom is -0.385 e. The molecule has 0 radical (unpaired) electrons. The van der Waals surface area contributed by atoms with Gasteiger partial charge in [-0.15, -0.1) is 0 Å². The number of carbonyl (C=O) groups is 1. The van der Waals surface area contributed by atoms with Crippen LogP contribution in [0.2, 0.25) is 5.02 Å². The van der Waals surface area contributed by atoms with E-state index in [1.54, 1.807) is 12.3 Å². The Morgan fingerprint density at radius 1 is 1.12 bits per heavy atom. The van der Waals surface area contributed by atoms with Crippen LogP contribution in [0, 0.1) is 0 Å². The molecule has 128 valence electrons. The number of aromatic nitrogens is 1. The molecule has 2 rings (SSSR count). The third-order valence-electron chi connectivity index (χ3n) is 3.71. The Morgan fingerprint density at radius 3 is 2.67 bits per heavy atom. The molecule has 0 aliphatic carbocycles. The van der Waals surface area contributed by atoms with Gasteiger partial charge in [0.2, 0.25) is 0 Å².